The fraction of sp³-hybridized carbons (Fsp3) is 0.300. The first-order valence-corrected chi connectivity index (χ1v) is 12.0. The average Bonchev–Trinajstić information content (AvgIpc) is 3.03. The summed E-state index contributed by atoms with van der Waals surface area (Å²) >= 11 is 0. The molecule has 0 amide bonds. The number of rotatable bonds is 10. The maximum atomic E-state index is 12.1. The van der Waals surface area contributed by atoms with Gasteiger partial charge in [0.05, 0.1) is 35.5 Å². The normalized spacial score (nSPS) is 9.71. The van der Waals surface area contributed by atoms with Crippen LogP contribution in [0, 0.1) is 0 Å². The molecule has 11 heteroatoms. The molecule has 0 saturated heterocycles. The molecule has 0 aromatic heterocycles. The number of hydrogen-bond acceptors (Lipinski definition) is 11. The van der Waals surface area contributed by atoms with E-state index in [1.807, 2.05) is 0 Å². The molecule has 0 radical (unpaired) electrons. The predicted octanol–water partition coefficient (Wildman–Crippen LogP) is 3.92. The number of esters is 4. The summed E-state index contributed by atoms with van der Waals surface area (Å²) in [6.45, 7) is 7.12. The molecule has 2 aromatic carbocycles. The van der Waals surface area contributed by atoms with E-state index in [0.717, 1.165) is 0 Å². The second-order valence-corrected chi connectivity index (χ2v) is 7.69. The Labute approximate surface area is 239 Å². The lowest BCUT2D eigenvalue weighted by Gasteiger charge is -2.27. The van der Waals surface area contributed by atoms with Crippen LogP contribution in [-0.4, -0.2) is 72.2 Å². The van der Waals surface area contributed by atoms with Gasteiger partial charge in [0.25, 0.3) is 0 Å². The summed E-state index contributed by atoms with van der Waals surface area (Å²) in [5.74, 6) is -3.54. The average molecular weight is 573 g/mol. The molecule has 0 bridgehead atoms. The van der Waals surface area contributed by atoms with Gasteiger partial charge < -0.3 is 28.4 Å². The highest BCUT2D eigenvalue weighted by Crippen LogP contribution is 2.31. The molecule has 0 saturated carbocycles. The number of hydrogen-bond donors (Lipinski definition) is 0. The number of ether oxygens (including phenoxy) is 6. The zero-order valence-corrected chi connectivity index (χ0v) is 23.8. The van der Waals surface area contributed by atoms with Crippen molar-refractivity contribution in [2.24, 2.45) is 0 Å². The van der Waals surface area contributed by atoms with Gasteiger partial charge in [0.2, 0.25) is 0 Å². The zero-order valence-electron chi connectivity index (χ0n) is 23.8. The van der Waals surface area contributed by atoms with Gasteiger partial charge in [0.1, 0.15) is 6.61 Å². The number of methoxy groups -OCH3 is 5. The topological polar surface area (TPSA) is 141 Å². The second-order valence-electron chi connectivity index (χ2n) is 7.69. The van der Waals surface area contributed by atoms with E-state index in [4.69, 9.17) is 9.47 Å². The maximum absolute atomic E-state index is 12.1. The molecule has 0 aliphatic heterocycles. The molecule has 41 heavy (non-hydrogen) atoms. The van der Waals surface area contributed by atoms with E-state index in [9.17, 15) is 24.0 Å². The summed E-state index contributed by atoms with van der Waals surface area (Å²) < 4.78 is 27.1. The van der Waals surface area contributed by atoms with E-state index in [2.05, 4.69) is 32.1 Å². The van der Waals surface area contributed by atoms with Crippen molar-refractivity contribution < 1.29 is 52.4 Å². The van der Waals surface area contributed by atoms with Gasteiger partial charge in [-0.1, -0.05) is 79.4 Å². The summed E-state index contributed by atoms with van der Waals surface area (Å²) in [5, 5.41) is 0. The van der Waals surface area contributed by atoms with Crippen molar-refractivity contribution in [3.8, 4) is 0 Å². The van der Waals surface area contributed by atoms with E-state index in [1.54, 1.807) is 60.7 Å². The van der Waals surface area contributed by atoms with Crippen LogP contribution >= 0.6 is 0 Å². The summed E-state index contributed by atoms with van der Waals surface area (Å²) in [7, 11) is 6.21. The largest absolute Gasteiger partial charge is 0.508 e. The van der Waals surface area contributed by atoms with Gasteiger partial charge in [0, 0.05) is 0 Å². The van der Waals surface area contributed by atoms with Crippen molar-refractivity contribution in [1.29, 1.82) is 0 Å². The highest BCUT2D eigenvalue weighted by Gasteiger charge is 2.49. The van der Waals surface area contributed by atoms with Crippen molar-refractivity contribution in [2.45, 2.75) is 17.8 Å². The van der Waals surface area contributed by atoms with Crippen molar-refractivity contribution >= 4 is 30.0 Å². The van der Waals surface area contributed by atoms with E-state index in [1.165, 1.54) is 47.7 Å². The molecule has 0 spiro atoms. The molecule has 0 unspecified atom stereocenters. The second kappa shape index (κ2) is 20.0. The first kappa shape index (κ1) is 36.1. The lowest BCUT2D eigenvalue weighted by atomic mass is 9.77. The van der Waals surface area contributed by atoms with Crippen LogP contribution in [0.1, 0.15) is 23.5 Å². The number of carbonyl (C=O) groups excluding carboxylic acids is 5. The van der Waals surface area contributed by atoms with Gasteiger partial charge in [-0.05, 0) is 17.5 Å². The smallest absolute Gasteiger partial charge is 0.468 e. The molecule has 0 heterocycles. The third-order valence-electron chi connectivity index (χ3n) is 5.28. The monoisotopic (exact) mass is 572 g/mol. The lowest BCUT2D eigenvalue weighted by molar-refractivity contribution is -0.162. The SMILES string of the molecule is C=CCC(C(=O)OC)(C(=O)OC)c1ccccc1.C=CCOC(=O)OC.COC(=O)C(C(=O)OC)c1ccccc1. The molecule has 0 atom stereocenters. The number of allylic oxidation sites excluding steroid dienone is 1. The molecule has 222 valence electrons. The summed E-state index contributed by atoms with van der Waals surface area (Å²) in [4.78, 5) is 57.0. The van der Waals surface area contributed by atoms with Gasteiger partial charge >= 0.3 is 30.0 Å². The Morgan fingerprint density at radius 3 is 1.51 bits per heavy atom. The fourth-order valence-electron chi connectivity index (χ4n) is 3.33. The first-order chi connectivity index (χ1) is 19.6. The van der Waals surface area contributed by atoms with E-state index >= 15 is 0 Å². The molecular weight excluding hydrogens is 536 g/mol. The van der Waals surface area contributed by atoms with Crippen LogP contribution in [0.4, 0.5) is 4.79 Å². The van der Waals surface area contributed by atoms with Gasteiger partial charge in [-0.15, -0.1) is 6.58 Å². The van der Waals surface area contributed by atoms with Crippen LogP contribution < -0.4 is 0 Å². The van der Waals surface area contributed by atoms with E-state index < -0.39 is 41.4 Å². The van der Waals surface area contributed by atoms with Gasteiger partial charge in [-0.25, -0.2) is 4.79 Å². The Balaban J connectivity index is 0.000000629. The third-order valence-corrected chi connectivity index (χ3v) is 5.28. The minimum absolute atomic E-state index is 0.121. The van der Waals surface area contributed by atoms with Crippen molar-refractivity contribution in [1.82, 2.24) is 0 Å². The molecule has 0 N–H and O–H groups in total. The Morgan fingerprint density at radius 1 is 0.683 bits per heavy atom. The first-order valence-electron chi connectivity index (χ1n) is 12.0. The Bertz CT molecular complexity index is 1100. The standard InChI is InChI=1S/C14H16O4.C11H12O4.C5H8O3/c1-4-10-14(12(15)17-2,13(16)18-3)11-8-6-5-7-9-11;1-14-10(12)9(11(13)15-2)8-6-4-3-5-7-8;1-3-4-8-5(6)7-2/h4-9H,1,10H2,2-3H3;3-7,9H,1-2H3;3H,1,4H2,2H3. The highest BCUT2D eigenvalue weighted by molar-refractivity contribution is 6.06. The van der Waals surface area contributed by atoms with Gasteiger partial charge in [-0.2, -0.15) is 0 Å². The molecule has 0 aliphatic rings. The minimum atomic E-state index is -1.48. The predicted molar refractivity (Wildman–Crippen MR) is 149 cm³/mol. The lowest BCUT2D eigenvalue weighted by Crippen LogP contribution is -2.45. The van der Waals surface area contributed by atoms with Crippen LogP contribution in [0.5, 0.6) is 0 Å². The Hall–Kier alpha value is -4.93. The molecular formula is C30H36O11. The summed E-state index contributed by atoms with van der Waals surface area (Å²) in [6, 6.07) is 17.3. The van der Waals surface area contributed by atoms with Crippen LogP contribution in [0.15, 0.2) is 86.0 Å². The Morgan fingerprint density at radius 2 is 1.15 bits per heavy atom. The molecule has 11 nitrogen and oxygen atoms in total. The van der Waals surface area contributed by atoms with Crippen molar-refractivity contribution in [2.75, 3.05) is 42.2 Å². The van der Waals surface area contributed by atoms with Crippen LogP contribution in [0.3, 0.4) is 0 Å². The van der Waals surface area contributed by atoms with Crippen LogP contribution in [0.2, 0.25) is 0 Å². The molecule has 2 rings (SSSR count). The highest BCUT2D eigenvalue weighted by atomic mass is 16.7. The van der Waals surface area contributed by atoms with Crippen LogP contribution in [-0.2, 0) is 53.0 Å². The maximum Gasteiger partial charge on any atom is 0.508 e. The van der Waals surface area contributed by atoms with E-state index in [-0.39, 0.29) is 13.0 Å². The van der Waals surface area contributed by atoms with E-state index in [0.29, 0.717) is 11.1 Å². The van der Waals surface area contributed by atoms with Crippen molar-refractivity contribution in [3.05, 3.63) is 97.1 Å². The minimum Gasteiger partial charge on any atom is -0.468 e. The zero-order chi connectivity index (χ0) is 31.3. The quantitative estimate of drug-likeness (QED) is 0.177. The molecule has 0 aliphatic carbocycles. The van der Waals surface area contributed by atoms with Crippen molar-refractivity contribution in [3.63, 3.8) is 0 Å². The number of benzene rings is 2. The van der Waals surface area contributed by atoms with Gasteiger partial charge in [-0.3, -0.25) is 19.2 Å². The summed E-state index contributed by atoms with van der Waals surface area (Å²) in [6.07, 6.45) is 2.42. The van der Waals surface area contributed by atoms with Crippen LogP contribution in [0.25, 0.3) is 0 Å². The van der Waals surface area contributed by atoms with Gasteiger partial charge in [0.15, 0.2) is 11.3 Å². The molecule has 2 aromatic rings. The number of carbonyl (C=O) groups is 5. The fourth-order valence-corrected chi connectivity index (χ4v) is 3.33. The molecule has 0 fully saturated rings. The third kappa shape index (κ3) is 11.0. The summed E-state index contributed by atoms with van der Waals surface area (Å²) in [5.41, 5.74) is -0.383. The Kier molecular flexibility index (Phi) is 17.6.